The number of halogens is 3. The summed E-state index contributed by atoms with van der Waals surface area (Å²) in [5.74, 6) is 6.68. The maximum atomic E-state index is 14.4. The molecule has 0 bridgehead atoms. The largest absolute Gasteiger partial charge is 0.432 e. The van der Waals surface area contributed by atoms with Gasteiger partial charge in [0.05, 0.1) is 0 Å². The fourth-order valence-electron chi connectivity index (χ4n) is 4.30. The van der Waals surface area contributed by atoms with Crippen molar-refractivity contribution < 1.29 is 17.9 Å². The van der Waals surface area contributed by atoms with E-state index in [1.54, 1.807) is 18.2 Å². The fourth-order valence-corrected chi connectivity index (χ4v) is 4.30. The third kappa shape index (κ3) is 5.16. The van der Waals surface area contributed by atoms with Gasteiger partial charge in [-0.3, -0.25) is 0 Å². The molecule has 1 saturated carbocycles. The second-order valence-electron chi connectivity index (χ2n) is 8.18. The molecule has 0 saturated heterocycles. The lowest BCUT2D eigenvalue weighted by Crippen LogP contribution is -2.11. The van der Waals surface area contributed by atoms with Gasteiger partial charge in [-0.1, -0.05) is 54.3 Å². The monoisotopic (exact) mass is 434 g/mol. The minimum absolute atomic E-state index is 0.249. The van der Waals surface area contributed by atoms with Crippen molar-refractivity contribution in [2.75, 3.05) is 0 Å². The van der Waals surface area contributed by atoms with Gasteiger partial charge in [-0.15, -0.1) is 0 Å². The fraction of sp³-hybridized carbons (Fsp3) is 0.286. The van der Waals surface area contributed by atoms with Gasteiger partial charge in [-0.05, 0) is 79.3 Å². The normalized spacial score (nSPS) is 18.7. The Morgan fingerprint density at radius 1 is 0.938 bits per heavy atom. The highest BCUT2D eigenvalue weighted by Crippen LogP contribution is 2.31. The van der Waals surface area contributed by atoms with Crippen LogP contribution < -0.4 is 4.74 Å². The van der Waals surface area contributed by atoms with E-state index in [4.69, 9.17) is 0 Å². The van der Waals surface area contributed by atoms with Crippen molar-refractivity contribution in [2.45, 2.75) is 39.2 Å². The summed E-state index contributed by atoms with van der Waals surface area (Å²) in [5, 5.41) is 0.873. The number of ether oxygens (including phenoxy) is 1. The number of fused-ring (bicyclic) bond motifs is 1. The molecule has 3 aromatic carbocycles. The number of hydrogen-bond donors (Lipinski definition) is 0. The molecule has 0 N–H and O–H groups in total. The Morgan fingerprint density at radius 2 is 1.66 bits per heavy atom. The Balaban J connectivity index is 1.47. The minimum atomic E-state index is -3.06. The molecule has 0 heterocycles. The molecule has 0 atom stereocenters. The van der Waals surface area contributed by atoms with Gasteiger partial charge in [0.2, 0.25) is 0 Å². The van der Waals surface area contributed by atoms with Crippen LogP contribution in [-0.4, -0.2) is 6.61 Å². The van der Waals surface area contributed by atoms with E-state index in [1.807, 2.05) is 30.3 Å². The third-order valence-electron chi connectivity index (χ3n) is 6.01. The molecule has 4 rings (SSSR count). The molecule has 0 aromatic heterocycles. The molecular weight excluding hydrogens is 409 g/mol. The van der Waals surface area contributed by atoms with E-state index in [1.165, 1.54) is 18.9 Å². The average Bonchev–Trinajstić information content (AvgIpc) is 2.80. The predicted molar refractivity (Wildman–Crippen MR) is 123 cm³/mol. The van der Waals surface area contributed by atoms with E-state index >= 15 is 0 Å². The van der Waals surface area contributed by atoms with Gasteiger partial charge in [0.1, 0.15) is 0 Å². The van der Waals surface area contributed by atoms with E-state index in [9.17, 15) is 13.2 Å². The first-order chi connectivity index (χ1) is 15.5. The Hall–Kier alpha value is -3.19. The maximum absolute atomic E-state index is 14.4. The first-order valence-corrected chi connectivity index (χ1v) is 11.0. The topological polar surface area (TPSA) is 9.23 Å². The number of hydrogen-bond acceptors (Lipinski definition) is 1. The maximum Gasteiger partial charge on any atom is 0.387 e. The summed E-state index contributed by atoms with van der Waals surface area (Å²) < 4.78 is 43.5. The average molecular weight is 435 g/mol. The molecule has 32 heavy (non-hydrogen) atoms. The van der Waals surface area contributed by atoms with Gasteiger partial charge >= 0.3 is 6.61 Å². The van der Waals surface area contributed by atoms with Crippen molar-refractivity contribution >= 4 is 10.8 Å². The van der Waals surface area contributed by atoms with Crippen molar-refractivity contribution in [3.05, 3.63) is 78.1 Å². The van der Waals surface area contributed by atoms with E-state index in [0.717, 1.165) is 29.5 Å². The first-order valence-electron chi connectivity index (χ1n) is 11.0. The molecule has 1 aliphatic carbocycles. The second-order valence-corrected chi connectivity index (χ2v) is 8.18. The zero-order chi connectivity index (χ0) is 22.5. The molecule has 3 aromatic rings. The summed E-state index contributed by atoms with van der Waals surface area (Å²) in [4.78, 5) is 0. The van der Waals surface area contributed by atoms with Crippen LogP contribution in [-0.2, 0) is 0 Å². The molecular formula is C28H25F3O. The van der Waals surface area contributed by atoms with E-state index in [0.29, 0.717) is 17.2 Å². The van der Waals surface area contributed by atoms with Crippen molar-refractivity contribution in [3.8, 4) is 28.7 Å². The number of allylic oxidation sites excluding steroid dienone is 2. The Bertz CT molecular complexity index is 1160. The van der Waals surface area contributed by atoms with Crippen LogP contribution in [0.3, 0.4) is 0 Å². The summed E-state index contributed by atoms with van der Waals surface area (Å²) in [7, 11) is 0. The molecule has 1 aliphatic rings. The van der Waals surface area contributed by atoms with Crippen LogP contribution in [0.15, 0.2) is 66.7 Å². The summed E-state index contributed by atoms with van der Waals surface area (Å²) in [6.45, 7) is -0.982. The highest BCUT2D eigenvalue weighted by Gasteiger charge is 2.17. The van der Waals surface area contributed by atoms with Gasteiger partial charge < -0.3 is 4.74 Å². The smallest absolute Gasteiger partial charge is 0.387 e. The predicted octanol–water partition coefficient (Wildman–Crippen LogP) is 7.98. The Morgan fingerprint density at radius 3 is 2.34 bits per heavy atom. The van der Waals surface area contributed by atoms with Crippen LogP contribution >= 0.6 is 0 Å². The molecule has 0 radical (unpaired) electrons. The molecule has 164 valence electrons. The van der Waals surface area contributed by atoms with Crippen LogP contribution in [0.4, 0.5) is 13.2 Å². The van der Waals surface area contributed by atoms with Crippen LogP contribution in [0.25, 0.3) is 21.9 Å². The molecule has 0 unspecified atom stereocenters. The van der Waals surface area contributed by atoms with E-state index < -0.39 is 18.2 Å². The van der Waals surface area contributed by atoms with Crippen molar-refractivity contribution in [3.63, 3.8) is 0 Å². The van der Waals surface area contributed by atoms with Gasteiger partial charge in [0.25, 0.3) is 0 Å². The zero-order valence-corrected chi connectivity index (χ0v) is 18.0. The third-order valence-corrected chi connectivity index (χ3v) is 6.01. The van der Waals surface area contributed by atoms with Gasteiger partial charge in [0, 0.05) is 16.9 Å². The highest BCUT2D eigenvalue weighted by atomic mass is 19.3. The van der Waals surface area contributed by atoms with Crippen LogP contribution in [0.2, 0.25) is 0 Å². The Labute approximate surface area is 186 Å². The summed E-state index contributed by atoms with van der Waals surface area (Å²) in [5.41, 5.74) is 2.88. The van der Waals surface area contributed by atoms with Gasteiger partial charge in [-0.2, -0.15) is 8.78 Å². The van der Waals surface area contributed by atoms with Gasteiger partial charge in [0.15, 0.2) is 11.6 Å². The lowest BCUT2D eigenvalue weighted by Gasteiger charge is -2.22. The lowest BCUT2D eigenvalue weighted by molar-refractivity contribution is -0.0520. The van der Waals surface area contributed by atoms with E-state index in [-0.39, 0.29) is 5.39 Å². The SMILES string of the molecule is C/C=C/C1CCC(C#Cc2ccc(-c3ccc4c(F)c(OC(F)F)ccc4c3)cc2)CC1. The summed E-state index contributed by atoms with van der Waals surface area (Å²) in [6.07, 6.45) is 9.17. The van der Waals surface area contributed by atoms with Crippen LogP contribution in [0, 0.1) is 29.5 Å². The van der Waals surface area contributed by atoms with Crippen LogP contribution in [0.1, 0.15) is 38.2 Å². The molecule has 0 aliphatic heterocycles. The molecule has 4 heteroatoms. The second kappa shape index (κ2) is 9.96. The van der Waals surface area contributed by atoms with E-state index in [2.05, 4.69) is 35.7 Å². The Kier molecular flexibility index (Phi) is 6.85. The lowest BCUT2D eigenvalue weighted by atomic mass is 9.82. The van der Waals surface area contributed by atoms with Crippen LogP contribution in [0.5, 0.6) is 5.75 Å². The minimum Gasteiger partial charge on any atom is -0.432 e. The van der Waals surface area contributed by atoms with Crippen molar-refractivity contribution in [2.24, 2.45) is 11.8 Å². The standard InChI is InChI=1S/C28H25F3O/c1-2-3-19-4-6-20(7-5-19)8-9-21-10-12-22(13-11-21)23-14-16-25-24(18-23)15-17-26(27(25)29)32-28(30)31/h2-3,10-20,28H,4-7H2,1H3/b3-2+. The van der Waals surface area contributed by atoms with Crippen molar-refractivity contribution in [1.82, 2.24) is 0 Å². The first kappa shape index (κ1) is 22.0. The number of benzene rings is 3. The summed E-state index contributed by atoms with van der Waals surface area (Å²) >= 11 is 0. The van der Waals surface area contributed by atoms with Crippen molar-refractivity contribution in [1.29, 1.82) is 0 Å². The number of alkyl halides is 2. The summed E-state index contributed by atoms with van der Waals surface area (Å²) in [6, 6.07) is 16.0. The molecule has 1 fully saturated rings. The highest BCUT2D eigenvalue weighted by molar-refractivity contribution is 5.89. The molecule has 1 nitrogen and oxygen atoms in total. The quantitative estimate of drug-likeness (QED) is 0.299. The van der Waals surface area contributed by atoms with Gasteiger partial charge in [-0.25, -0.2) is 4.39 Å². The molecule has 0 spiro atoms. The zero-order valence-electron chi connectivity index (χ0n) is 18.0. The molecule has 0 amide bonds. The number of rotatable bonds is 4.